The van der Waals surface area contributed by atoms with Crippen molar-refractivity contribution in [2.45, 2.75) is 52.5 Å². The summed E-state index contributed by atoms with van der Waals surface area (Å²) in [5, 5.41) is 0. The molecule has 0 bridgehead atoms. The quantitative estimate of drug-likeness (QED) is 0.842. The second-order valence-electron chi connectivity index (χ2n) is 7.11. The summed E-state index contributed by atoms with van der Waals surface area (Å²) >= 11 is 0. The van der Waals surface area contributed by atoms with Crippen molar-refractivity contribution in [1.82, 2.24) is 14.9 Å². The molecule has 3 heterocycles. The van der Waals surface area contributed by atoms with Crippen LogP contribution < -0.4 is 4.90 Å². The largest absolute Gasteiger partial charge is 0.354 e. The molecule has 5 nitrogen and oxygen atoms in total. The van der Waals surface area contributed by atoms with E-state index >= 15 is 0 Å². The van der Waals surface area contributed by atoms with Crippen molar-refractivity contribution in [1.29, 1.82) is 0 Å². The molecule has 3 rings (SSSR count). The Labute approximate surface area is 132 Å². The van der Waals surface area contributed by atoms with Gasteiger partial charge in [0.25, 0.3) is 0 Å². The molecule has 2 aliphatic rings. The molecule has 1 aromatic rings. The Kier molecular flexibility index (Phi) is 4.06. The highest BCUT2D eigenvalue weighted by molar-refractivity contribution is 5.77. The Hall–Kier alpha value is -1.65. The van der Waals surface area contributed by atoms with Crippen molar-refractivity contribution in [3.05, 3.63) is 18.1 Å². The minimum absolute atomic E-state index is 0.223. The minimum atomic E-state index is 0.223. The molecule has 0 aromatic carbocycles. The van der Waals surface area contributed by atoms with E-state index in [9.17, 15) is 4.79 Å². The maximum Gasteiger partial charge on any atom is 0.222 e. The zero-order valence-electron chi connectivity index (χ0n) is 13.9. The van der Waals surface area contributed by atoms with Gasteiger partial charge < -0.3 is 9.80 Å². The van der Waals surface area contributed by atoms with Gasteiger partial charge in [-0.2, -0.15) is 0 Å². The third kappa shape index (κ3) is 2.81. The molecule has 0 unspecified atom stereocenters. The van der Waals surface area contributed by atoms with Crippen LogP contribution in [0.5, 0.6) is 0 Å². The summed E-state index contributed by atoms with van der Waals surface area (Å²) in [6.07, 6.45) is 7.58. The number of aromatic nitrogens is 2. The maximum atomic E-state index is 12.2. The van der Waals surface area contributed by atoms with Crippen LogP contribution in [-0.4, -0.2) is 46.5 Å². The first kappa shape index (κ1) is 15.3. The molecule has 0 radical (unpaired) electrons. The fraction of sp³-hybridized carbons (Fsp3) is 0.706. The van der Waals surface area contributed by atoms with E-state index in [1.165, 1.54) is 6.42 Å². The van der Waals surface area contributed by atoms with Gasteiger partial charge in [0, 0.05) is 49.9 Å². The fourth-order valence-corrected chi connectivity index (χ4v) is 3.95. The number of anilines is 1. The van der Waals surface area contributed by atoms with Gasteiger partial charge in [-0.1, -0.05) is 0 Å². The van der Waals surface area contributed by atoms with Crippen molar-refractivity contribution < 1.29 is 4.79 Å². The summed E-state index contributed by atoms with van der Waals surface area (Å²) < 4.78 is 0. The molecule has 1 amide bonds. The van der Waals surface area contributed by atoms with E-state index in [-0.39, 0.29) is 5.41 Å². The highest BCUT2D eigenvalue weighted by atomic mass is 16.2. The van der Waals surface area contributed by atoms with Gasteiger partial charge in [0.1, 0.15) is 5.82 Å². The van der Waals surface area contributed by atoms with Gasteiger partial charge in [-0.15, -0.1) is 0 Å². The molecule has 1 spiro atoms. The molecule has 1 atom stereocenters. The molecule has 0 saturated carbocycles. The van der Waals surface area contributed by atoms with E-state index in [1.807, 2.05) is 6.92 Å². The van der Waals surface area contributed by atoms with Crippen molar-refractivity contribution >= 4 is 11.7 Å². The van der Waals surface area contributed by atoms with E-state index < -0.39 is 0 Å². The van der Waals surface area contributed by atoms with Gasteiger partial charge in [-0.05, 0) is 40.0 Å². The van der Waals surface area contributed by atoms with Crippen LogP contribution in [0.15, 0.2) is 12.4 Å². The summed E-state index contributed by atoms with van der Waals surface area (Å²) in [5.74, 6) is 1.32. The lowest BCUT2D eigenvalue weighted by Crippen LogP contribution is -2.55. The number of piperidine rings is 2. The van der Waals surface area contributed by atoms with Crippen molar-refractivity contribution in [2.75, 3.05) is 24.5 Å². The van der Waals surface area contributed by atoms with Gasteiger partial charge in [0.2, 0.25) is 5.91 Å². The smallest absolute Gasteiger partial charge is 0.222 e. The molecule has 0 N–H and O–H groups in total. The highest BCUT2D eigenvalue weighted by Crippen LogP contribution is 2.40. The Balaban J connectivity index is 1.80. The zero-order chi connectivity index (χ0) is 15.7. The second kappa shape index (κ2) is 5.86. The number of likely N-dealkylation sites (tertiary alicyclic amines) is 1. The number of rotatable bonds is 2. The van der Waals surface area contributed by atoms with Crippen molar-refractivity contribution in [2.24, 2.45) is 5.41 Å². The fourth-order valence-electron chi connectivity index (χ4n) is 3.95. The van der Waals surface area contributed by atoms with E-state index in [0.717, 1.165) is 44.0 Å². The van der Waals surface area contributed by atoms with E-state index in [1.54, 1.807) is 12.4 Å². The normalized spacial score (nSPS) is 26.1. The lowest BCUT2D eigenvalue weighted by Gasteiger charge is -2.49. The molecule has 0 aliphatic carbocycles. The Morgan fingerprint density at radius 1 is 1.18 bits per heavy atom. The van der Waals surface area contributed by atoms with Crippen LogP contribution in [0.2, 0.25) is 0 Å². The standard InChI is InChI=1S/C17H26N4O/c1-13(2)21-12-17(7-5-15(21)22)6-4-10-20(11-17)16-14(3)18-8-9-19-16/h8-9,13H,4-7,10-12H2,1-3H3/t17-/m1/s1. The summed E-state index contributed by atoms with van der Waals surface area (Å²) in [6.45, 7) is 9.17. The van der Waals surface area contributed by atoms with Gasteiger partial charge in [-0.3, -0.25) is 9.78 Å². The topological polar surface area (TPSA) is 49.3 Å². The average molecular weight is 302 g/mol. The average Bonchev–Trinajstić information content (AvgIpc) is 2.50. The van der Waals surface area contributed by atoms with Crippen LogP contribution in [0.25, 0.3) is 0 Å². The second-order valence-corrected chi connectivity index (χ2v) is 7.11. The number of nitrogens with zero attached hydrogens (tertiary/aromatic N) is 4. The first-order valence-corrected chi connectivity index (χ1v) is 8.33. The third-order valence-corrected chi connectivity index (χ3v) is 5.13. The molecule has 5 heteroatoms. The zero-order valence-corrected chi connectivity index (χ0v) is 13.9. The highest BCUT2D eigenvalue weighted by Gasteiger charge is 2.42. The first-order chi connectivity index (χ1) is 10.5. The molecule has 1 aromatic heterocycles. The van der Waals surface area contributed by atoms with Crippen LogP contribution in [0.4, 0.5) is 5.82 Å². The summed E-state index contributed by atoms with van der Waals surface area (Å²) in [6, 6.07) is 0.290. The number of aryl methyl sites for hydroxylation is 1. The predicted molar refractivity (Wildman–Crippen MR) is 86.7 cm³/mol. The van der Waals surface area contributed by atoms with E-state index in [4.69, 9.17) is 0 Å². The number of carbonyl (C=O) groups excluding carboxylic acids is 1. The Morgan fingerprint density at radius 3 is 2.68 bits per heavy atom. The number of hydrogen-bond acceptors (Lipinski definition) is 4. The molecular formula is C17H26N4O. The lowest BCUT2D eigenvalue weighted by atomic mass is 9.73. The minimum Gasteiger partial charge on any atom is -0.354 e. The Bertz CT molecular complexity index is 559. The van der Waals surface area contributed by atoms with Crippen LogP contribution in [0.1, 0.15) is 45.2 Å². The van der Waals surface area contributed by atoms with Gasteiger partial charge in [-0.25, -0.2) is 4.98 Å². The van der Waals surface area contributed by atoms with E-state index in [2.05, 4.69) is 33.6 Å². The van der Waals surface area contributed by atoms with Crippen molar-refractivity contribution in [3.63, 3.8) is 0 Å². The van der Waals surface area contributed by atoms with Crippen LogP contribution in [0, 0.1) is 12.3 Å². The predicted octanol–water partition coefficient (Wildman–Crippen LogP) is 2.40. The van der Waals surface area contributed by atoms with Gasteiger partial charge >= 0.3 is 0 Å². The molecule has 120 valence electrons. The van der Waals surface area contributed by atoms with Gasteiger partial charge in [0.15, 0.2) is 0 Å². The summed E-state index contributed by atoms with van der Waals surface area (Å²) in [4.78, 5) is 25.5. The van der Waals surface area contributed by atoms with Crippen LogP contribution in [0.3, 0.4) is 0 Å². The third-order valence-electron chi connectivity index (χ3n) is 5.13. The number of amides is 1. The number of hydrogen-bond donors (Lipinski definition) is 0. The lowest BCUT2D eigenvalue weighted by molar-refractivity contribution is -0.140. The molecule has 22 heavy (non-hydrogen) atoms. The van der Waals surface area contributed by atoms with Crippen LogP contribution in [-0.2, 0) is 4.79 Å². The molecule has 2 fully saturated rings. The first-order valence-electron chi connectivity index (χ1n) is 8.33. The SMILES string of the molecule is Cc1nccnc1N1CCC[C@@]2(CCC(=O)N(C(C)C)C2)C1. The summed E-state index contributed by atoms with van der Waals surface area (Å²) in [5.41, 5.74) is 1.22. The maximum absolute atomic E-state index is 12.2. The number of carbonyl (C=O) groups is 1. The van der Waals surface area contributed by atoms with Crippen LogP contribution >= 0.6 is 0 Å². The Morgan fingerprint density at radius 2 is 1.95 bits per heavy atom. The van der Waals surface area contributed by atoms with Gasteiger partial charge in [0.05, 0.1) is 5.69 Å². The van der Waals surface area contributed by atoms with Crippen molar-refractivity contribution in [3.8, 4) is 0 Å². The molecular weight excluding hydrogens is 276 g/mol. The molecule has 2 saturated heterocycles. The van der Waals surface area contributed by atoms with E-state index in [0.29, 0.717) is 18.4 Å². The monoisotopic (exact) mass is 302 g/mol. The molecule has 2 aliphatic heterocycles. The summed E-state index contributed by atoms with van der Waals surface area (Å²) in [7, 11) is 0.